The van der Waals surface area contributed by atoms with Crippen molar-refractivity contribution < 1.29 is 9.53 Å². The highest BCUT2D eigenvalue weighted by molar-refractivity contribution is 5.89. The Bertz CT molecular complexity index is 408. The van der Waals surface area contributed by atoms with Crippen LogP contribution in [0.25, 0.3) is 0 Å². The standard InChI is InChI=1S/C16H20O2/c1-13-7-5-6-8-14(13)11-12-18-16(17)15-9-3-2-4-10-15/h2-4,9-10,14H,1,5-8,11-12H2. The molecular formula is C16H20O2. The molecule has 0 amide bonds. The van der Waals surface area contributed by atoms with E-state index in [9.17, 15) is 4.79 Å². The first-order valence-corrected chi connectivity index (χ1v) is 6.67. The van der Waals surface area contributed by atoms with Gasteiger partial charge >= 0.3 is 5.97 Å². The normalized spacial score (nSPS) is 19.6. The number of benzene rings is 1. The van der Waals surface area contributed by atoms with Gasteiger partial charge in [-0.3, -0.25) is 0 Å². The van der Waals surface area contributed by atoms with E-state index in [1.165, 1.54) is 24.8 Å². The zero-order valence-electron chi connectivity index (χ0n) is 10.7. The monoisotopic (exact) mass is 244 g/mol. The smallest absolute Gasteiger partial charge is 0.338 e. The molecule has 0 spiro atoms. The average molecular weight is 244 g/mol. The number of carbonyl (C=O) groups excluding carboxylic acids is 1. The molecule has 1 aromatic carbocycles. The predicted molar refractivity (Wildman–Crippen MR) is 72.4 cm³/mol. The summed E-state index contributed by atoms with van der Waals surface area (Å²) < 4.78 is 5.30. The van der Waals surface area contributed by atoms with Crippen LogP contribution in [0.2, 0.25) is 0 Å². The van der Waals surface area contributed by atoms with Crippen molar-refractivity contribution in [3.63, 3.8) is 0 Å². The first-order valence-electron chi connectivity index (χ1n) is 6.67. The molecule has 2 rings (SSSR count). The van der Waals surface area contributed by atoms with Crippen LogP contribution in [0, 0.1) is 5.92 Å². The summed E-state index contributed by atoms with van der Waals surface area (Å²) >= 11 is 0. The van der Waals surface area contributed by atoms with Gasteiger partial charge in [0.25, 0.3) is 0 Å². The first kappa shape index (κ1) is 12.9. The summed E-state index contributed by atoms with van der Waals surface area (Å²) in [5.41, 5.74) is 1.96. The number of carbonyl (C=O) groups is 1. The Morgan fingerprint density at radius 1 is 1.28 bits per heavy atom. The third-order valence-corrected chi connectivity index (χ3v) is 3.59. The Morgan fingerprint density at radius 2 is 2.06 bits per heavy atom. The molecule has 0 radical (unpaired) electrons. The summed E-state index contributed by atoms with van der Waals surface area (Å²) in [6.45, 7) is 4.61. The average Bonchev–Trinajstić information content (AvgIpc) is 2.42. The topological polar surface area (TPSA) is 26.3 Å². The van der Waals surface area contributed by atoms with Gasteiger partial charge in [-0.25, -0.2) is 4.79 Å². The first-order chi connectivity index (χ1) is 8.77. The molecular weight excluding hydrogens is 224 g/mol. The van der Waals surface area contributed by atoms with Gasteiger partial charge in [-0.15, -0.1) is 0 Å². The molecule has 18 heavy (non-hydrogen) atoms. The molecule has 1 saturated carbocycles. The number of hydrogen-bond acceptors (Lipinski definition) is 2. The highest BCUT2D eigenvalue weighted by atomic mass is 16.5. The van der Waals surface area contributed by atoms with Gasteiger partial charge in [0.05, 0.1) is 12.2 Å². The Hall–Kier alpha value is -1.57. The van der Waals surface area contributed by atoms with Gasteiger partial charge in [-0.05, 0) is 43.7 Å². The van der Waals surface area contributed by atoms with Crippen LogP contribution in [0.15, 0.2) is 42.5 Å². The molecule has 1 unspecified atom stereocenters. The minimum absolute atomic E-state index is 0.225. The van der Waals surface area contributed by atoms with Crippen molar-refractivity contribution in [3.05, 3.63) is 48.0 Å². The summed E-state index contributed by atoms with van der Waals surface area (Å²) in [6.07, 6.45) is 5.78. The third-order valence-electron chi connectivity index (χ3n) is 3.59. The number of allylic oxidation sites excluding steroid dienone is 1. The van der Waals surface area contributed by atoms with E-state index in [1.807, 2.05) is 18.2 Å². The summed E-state index contributed by atoms with van der Waals surface area (Å²) in [5, 5.41) is 0. The lowest BCUT2D eigenvalue weighted by Crippen LogP contribution is -2.14. The van der Waals surface area contributed by atoms with Crippen molar-refractivity contribution >= 4 is 5.97 Å². The molecule has 1 aromatic rings. The van der Waals surface area contributed by atoms with E-state index in [2.05, 4.69) is 6.58 Å². The van der Waals surface area contributed by atoms with Gasteiger partial charge in [-0.2, -0.15) is 0 Å². The van der Waals surface area contributed by atoms with E-state index >= 15 is 0 Å². The lowest BCUT2D eigenvalue weighted by atomic mass is 9.83. The maximum atomic E-state index is 11.7. The van der Waals surface area contributed by atoms with Crippen molar-refractivity contribution in [1.29, 1.82) is 0 Å². The number of esters is 1. The zero-order chi connectivity index (χ0) is 12.8. The van der Waals surface area contributed by atoms with Gasteiger partial charge in [-0.1, -0.05) is 36.8 Å². The van der Waals surface area contributed by atoms with Gasteiger partial charge in [0, 0.05) is 0 Å². The van der Waals surface area contributed by atoms with Gasteiger partial charge < -0.3 is 4.74 Å². The highest BCUT2D eigenvalue weighted by Crippen LogP contribution is 2.30. The Kier molecular flexibility index (Phi) is 4.57. The number of rotatable bonds is 4. The zero-order valence-corrected chi connectivity index (χ0v) is 10.7. The Labute approximate surface area is 109 Å². The van der Waals surface area contributed by atoms with E-state index in [1.54, 1.807) is 12.1 Å². The van der Waals surface area contributed by atoms with E-state index in [4.69, 9.17) is 4.74 Å². The lowest BCUT2D eigenvalue weighted by Gasteiger charge is -2.24. The summed E-state index contributed by atoms with van der Waals surface area (Å²) in [4.78, 5) is 11.7. The summed E-state index contributed by atoms with van der Waals surface area (Å²) in [7, 11) is 0. The molecule has 96 valence electrons. The lowest BCUT2D eigenvalue weighted by molar-refractivity contribution is 0.0484. The largest absolute Gasteiger partial charge is 0.462 e. The van der Waals surface area contributed by atoms with Crippen molar-refractivity contribution in [1.82, 2.24) is 0 Å². The molecule has 0 saturated heterocycles. The van der Waals surface area contributed by atoms with Crippen LogP contribution in [-0.2, 0) is 4.74 Å². The van der Waals surface area contributed by atoms with Crippen LogP contribution in [0.5, 0.6) is 0 Å². The molecule has 0 N–H and O–H groups in total. The van der Waals surface area contributed by atoms with Crippen LogP contribution < -0.4 is 0 Å². The second-order valence-electron chi connectivity index (χ2n) is 4.89. The molecule has 0 heterocycles. The quantitative estimate of drug-likeness (QED) is 0.591. The third kappa shape index (κ3) is 3.46. The van der Waals surface area contributed by atoms with Crippen LogP contribution in [0.3, 0.4) is 0 Å². The molecule has 2 heteroatoms. The summed E-state index contributed by atoms with van der Waals surface area (Å²) in [5.74, 6) is 0.319. The van der Waals surface area contributed by atoms with E-state index < -0.39 is 0 Å². The van der Waals surface area contributed by atoms with Crippen molar-refractivity contribution in [2.75, 3.05) is 6.61 Å². The molecule has 1 aliphatic carbocycles. The maximum Gasteiger partial charge on any atom is 0.338 e. The van der Waals surface area contributed by atoms with Crippen molar-refractivity contribution in [2.24, 2.45) is 5.92 Å². The fourth-order valence-corrected chi connectivity index (χ4v) is 2.45. The minimum Gasteiger partial charge on any atom is -0.462 e. The van der Waals surface area contributed by atoms with Crippen LogP contribution in [0.1, 0.15) is 42.5 Å². The molecule has 1 fully saturated rings. The fourth-order valence-electron chi connectivity index (χ4n) is 2.45. The molecule has 2 nitrogen and oxygen atoms in total. The molecule has 1 atom stereocenters. The predicted octanol–water partition coefficient (Wildman–Crippen LogP) is 3.98. The molecule has 1 aliphatic rings. The SMILES string of the molecule is C=C1CCCCC1CCOC(=O)c1ccccc1. The van der Waals surface area contributed by atoms with Crippen LogP contribution in [0.4, 0.5) is 0 Å². The molecule has 0 bridgehead atoms. The van der Waals surface area contributed by atoms with E-state index in [0.717, 1.165) is 12.8 Å². The van der Waals surface area contributed by atoms with Crippen molar-refractivity contribution in [3.8, 4) is 0 Å². The van der Waals surface area contributed by atoms with Crippen LogP contribution >= 0.6 is 0 Å². The van der Waals surface area contributed by atoms with Gasteiger partial charge in [0.2, 0.25) is 0 Å². The molecule has 0 aliphatic heterocycles. The number of hydrogen-bond donors (Lipinski definition) is 0. The summed E-state index contributed by atoms with van der Waals surface area (Å²) in [6, 6.07) is 9.14. The Balaban J connectivity index is 1.75. The second-order valence-corrected chi connectivity index (χ2v) is 4.89. The van der Waals surface area contributed by atoms with Crippen LogP contribution in [-0.4, -0.2) is 12.6 Å². The Morgan fingerprint density at radius 3 is 2.78 bits per heavy atom. The maximum absolute atomic E-state index is 11.7. The van der Waals surface area contributed by atoms with Gasteiger partial charge in [0.1, 0.15) is 0 Å². The number of ether oxygens (including phenoxy) is 1. The molecule has 0 aromatic heterocycles. The second kappa shape index (κ2) is 6.39. The fraction of sp³-hybridized carbons (Fsp3) is 0.438. The van der Waals surface area contributed by atoms with E-state index in [0.29, 0.717) is 18.1 Å². The highest BCUT2D eigenvalue weighted by Gasteiger charge is 2.17. The van der Waals surface area contributed by atoms with Gasteiger partial charge in [0.15, 0.2) is 0 Å². The minimum atomic E-state index is -0.225. The van der Waals surface area contributed by atoms with E-state index in [-0.39, 0.29) is 5.97 Å². The van der Waals surface area contributed by atoms with Crippen molar-refractivity contribution in [2.45, 2.75) is 32.1 Å².